The van der Waals surface area contributed by atoms with E-state index in [2.05, 4.69) is 0 Å². The van der Waals surface area contributed by atoms with E-state index in [1.165, 1.54) is 23.3 Å². The van der Waals surface area contributed by atoms with Crippen LogP contribution in [-0.2, 0) is 4.79 Å². The first-order valence-corrected chi connectivity index (χ1v) is 10.4. The Morgan fingerprint density at radius 2 is 1.94 bits per heavy atom. The van der Waals surface area contributed by atoms with Gasteiger partial charge in [-0.05, 0) is 35.7 Å². The van der Waals surface area contributed by atoms with Crippen LogP contribution in [0.2, 0.25) is 0 Å². The smallest absolute Gasteiger partial charge is 0.294 e. The number of methoxy groups -OCH3 is 1. The highest BCUT2D eigenvalue weighted by atomic mass is 32.1. The van der Waals surface area contributed by atoms with Gasteiger partial charge in [0.05, 0.1) is 12.7 Å². The third-order valence-corrected chi connectivity index (χ3v) is 6.17. The van der Waals surface area contributed by atoms with Crippen molar-refractivity contribution in [3.05, 3.63) is 94.1 Å². The van der Waals surface area contributed by atoms with Crippen molar-refractivity contribution in [2.24, 2.45) is 0 Å². The van der Waals surface area contributed by atoms with Crippen molar-refractivity contribution < 1.29 is 23.8 Å². The summed E-state index contributed by atoms with van der Waals surface area (Å²) in [6.45, 7) is 0. The molecule has 0 fully saturated rings. The molecule has 31 heavy (non-hydrogen) atoms. The highest BCUT2D eigenvalue weighted by Crippen LogP contribution is 2.44. The van der Waals surface area contributed by atoms with Gasteiger partial charge in [0.1, 0.15) is 17.4 Å². The molecule has 0 bridgehead atoms. The molecule has 0 spiro atoms. The number of hydrogen-bond donors (Lipinski definition) is 1. The molecule has 1 unspecified atom stereocenters. The molecule has 1 aliphatic rings. The molecule has 154 valence electrons. The van der Waals surface area contributed by atoms with Crippen molar-refractivity contribution in [2.75, 3.05) is 12.0 Å². The Morgan fingerprint density at radius 3 is 2.68 bits per heavy atom. The number of amides is 1. The third-order valence-electron chi connectivity index (χ3n) is 5.25. The van der Waals surface area contributed by atoms with Gasteiger partial charge in [0.25, 0.3) is 5.91 Å². The number of ether oxygens (including phenoxy) is 1. The number of ketones is 1. The predicted octanol–water partition coefficient (Wildman–Crippen LogP) is 5.29. The quantitative estimate of drug-likeness (QED) is 0.435. The Balaban J connectivity index is 1.64. The summed E-state index contributed by atoms with van der Waals surface area (Å²) >= 11 is 1.40. The molecule has 1 aliphatic heterocycles. The summed E-state index contributed by atoms with van der Waals surface area (Å²) < 4.78 is 11.0. The van der Waals surface area contributed by atoms with Crippen molar-refractivity contribution in [1.82, 2.24) is 0 Å². The van der Waals surface area contributed by atoms with Gasteiger partial charge in [-0.2, -0.15) is 0 Å². The van der Waals surface area contributed by atoms with Crippen LogP contribution in [0.15, 0.2) is 87.9 Å². The first-order chi connectivity index (χ1) is 15.1. The fraction of sp³-hybridized carbons (Fsp3) is 0.0833. The zero-order valence-corrected chi connectivity index (χ0v) is 17.3. The van der Waals surface area contributed by atoms with Crippen molar-refractivity contribution in [1.29, 1.82) is 0 Å². The average Bonchev–Trinajstić information content (AvgIpc) is 3.52. The van der Waals surface area contributed by atoms with Crippen LogP contribution in [0, 0.1) is 0 Å². The van der Waals surface area contributed by atoms with Gasteiger partial charge in [-0.3, -0.25) is 14.5 Å². The molecule has 0 aliphatic carbocycles. The molecule has 0 saturated carbocycles. The molecule has 7 heteroatoms. The Morgan fingerprint density at radius 1 is 1.10 bits per heavy atom. The molecule has 2 aromatic heterocycles. The molecular weight excluding hydrogens is 414 g/mol. The number of Topliss-reactive ketones (excluding diaryl/α,β-unsaturated/α-hetero) is 1. The summed E-state index contributed by atoms with van der Waals surface area (Å²) in [7, 11) is 1.54. The number of carbonyl (C=O) groups excluding carboxylic acids is 2. The van der Waals surface area contributed by atoms with E-state index in [4.69, 9.17) is 9.15 Å². The summed E-state index contributed by atoms with van der Waals surface area (Å²) in [6.07, 6.45) is 0. The van der Waals surface area contributed by atoms with Gasteiger partial charge in [-0.1, -0.05) is 30.3 Å². The molecule has 6 nitrogen and oxygen atoms in total. The number of furan rings is 1. The van der Waals surface area contributed by atoms with E-state index in [0.717, 1.165) is 10.3 Å². The number of rotatable bonds is 5. The molecule has 5 rings (SSSR count). The largest absolute Gasteiger partial charge is 0.503 e. The normalized spacial score (nSPS) is 16.4. The van der Waals surface area contributed by atoms with E-state index < -0.39 is 23.5 Å². The van der Waals surface area contributed by atoms with Crippen LogP contribution < -0.4 is 9.64 Å². The zero-order chi connectivity index (χ0) is 21.5. The second-order valence-electron chi connectivity index (χ2n) is 7.03. The molecule has 0 saturated heterocycles. The maximum atomic E-state index is 13.5. The van der Waals surface area contributed by atoms with Crippen molar-refractivity contribution in [3.8, 4) is 5.75 Å². The highest BCUT2D eigenvalue weighted by Gasteiger charge is 2.45. The Hall–Kier alpha value is -3.84. The van der Waals surface area contributed by atoms with Gasteiger partial charge in [0.15, 0.2) is 11.5 Å². The molecule has 1 N–H and O–H groups in total. The Kier molecular flexibility index (Phi) is 4.60. The van der Waals surface area contributed by atoms with E-state index in [1.807, 2.05) is 35.7 Å². The number of hydrogen-bond acceptors (Lipinski definition) is 6. The number of nitrogens with zero attached hydrogens (tertiary/aromatic N) is 1. The number of fused-ring (bicyclic) bond motifs is 1. The molecule has 2 aromatic carbocycles. The lowest BCUT2D eigenvalue weighted by Crippen LogP contribution is -2.30. The third kappa shape index (κ3) is 3.10. The van der Waals surface area contributed by atoms with Gasteiger partial charge >= 0.3 is 0 Å². The molecular formula is C24H17NO5S. The molecule has 1 atom stereocenters. The van der Waals surface area contributed by atoms with Crippen LogP contribution in [0.3, 0.4) is 0 Å². The van der Waals surface area contributed by atoms with Crippen LogP contribution in [0.4, 0.5) is 5.69 Å². The Labute approximate surface area is 181 Å². The van der Waals surface area contributed by atoms with Gasteiger partial charge in [0.2, 0.25) is 5.78 Å². The first kappa shape index (κ1) is 19.1. The fourth-order valence-corrected chi connectivity index (χ4v) is 4.63. The van der Waals surface area contributed by atoms with E-state index in [9.17, 15) is 14.7 Å². The number of aliphatic hydroxyl groups is 1. The minimum Gasteiger partial charge on any atom is -0.503 e. The lowest BCUT2D eigenvalue weighted by Gasteiger charge is -2.25. The topological polar surface area (TPSA) is 80.0 Å². The van der Waals surface area contributed by atoms with Crippen LogP contribution in [0.5, 0.6) is 5.75 Å². The number of anilines is 1. The number of thiophene rings is 1. The Bertz CT molecular complexity index is 1300. The van der Waals surface area contributed by atoms with Crippen LogP contribution >= 0.6 is 11.3 Å². The maximum absolute atomic E-state index is 13.5. The monoisotopic (exact) mass is 431 g/mol. The lowest BCUT2D eigenvalue weighted by molar-refractivity contribution is -0.117. The average molecular weight is 431 g/mol. The van der Waals surface area contributed by atoms with Crippen LogP contribution in [0.25, 0.3) is 11.0 Å². The van der Waals surface area contributed by atoms with E-state index >= 15 is 0 Å². The van der Waals surface area contributed by atoms with Crippen molar-refractivity contribution >= 4 is 39.7 Å². The van der Waals surface area contributed by atoms with E-state index in [1.54, 1.807) is 36.4 Å². The zero-order valence-electron chi connectivity index (χ0n) is 16.4. The summed E-state index contributed by atoms with van der Waals surface area (Å²) in [6, 6.07) is 18.7. The van der Waals surface area contributed by atoms with Gasteiger partial charge in [-0.25, -0.2) is 0 Å². The highest BCUT2D eigenvalue weighted by molar-refractivity contribution is 7.10. The predicted molar refractivity (Wildman–Crippen MR) is 118 cm³/mol. The van der Waals surface area contributed by atoms with Gasteiger partial charge in [0, 0.05) is 22.0 Å². The summed E-state index contributed by atoms with van der Waals surface area (Å²) in [5.41, 5.74) is 1.07. The second-order valence-corrected chi connectivity index (χ2v) is 8.01. The van der Waals surface area contributed by atoms with Crippen molar-refractivity contribution in [2.45, 2.75) is 6.04 Å². The summed E-state index contributed by atoms with van der Waals surface area (Å²) in [5, 5.41) is 13.4. The maximum Gasteiger partial charge on any atom is 0.294 e. The lowest BCUT2D eigenvalue weighted by atomic mass is 10.00. The minimum atomic E-state index is -0.777. The number of benzene rings is 2. The van der Waals surface area contributed by atoms with Gasteiger partial charge in [-0.15, -0.1) is 11.3 Å². The minimum absolute atomic E-state index is 0.00525. The van der Waals surface area contributed by atoms with Crippen molar-refractivity contribution in [3.63, 3.8) is 0 Å². The fourth-order valence-electron chi connectivity index (χ4n) is 3.81. The summed E-state index contributed by atoms with van der Waals surface area (Å²) in [5.74, 6) is -1.11. The van der Waals surface area contributed by atoms with Crippen LogP contribution in [0.1, 0.15) is 21.5 Å². The number of carbonyl (C=O) groups is 2. The number of para-hydroxylation sites is 1. The van der Waals surface area contributed by atoms with Gasteiger partial charge < -0.3 is 14.3 Å². The molecule has 3 heterocycles. The van der Waals surface area contributed by atoms with E-state index in [0.29, 0.717) is 17.0 Å². The number of aliphatic hydroxyl groups excluding tert-OH is 1. The molecule has 0 radical (unpaired) electrons. The second kappa shape index (κ2) is 7.45. The SMILES string of the molecule is COc1cccc(N2C(=O)C(O)=C(C(=O)c3cc4ccccc4o3)C2c2cccs2)c1. The molecule has 1 amide bonds. The molecule has 4 aromatic rings. The van der Waals surface area contributed by atoms with E-state index in [-0.39, 0.29) is 11.3 Å². The standard InChI is InChI=1S/C24H17NO5S/c1-29-16-8-4-7-15(13-16)25-21(19-10-5-11-31-19)20(23(27)24(25)28)22(26)18-12-14-6-2-3-9-17(14)30-18/h2-13,21,27H,1H3. The first-order valence-electron chi connectivity index (χ1n) is 9.56. The summed E-state index contributed by atoms with van der Waals surface area (Å²) in [4.78, 5) is 28.8. The van der Waals surface area contributed by atoms with Crippen LogP contribution in [-0.4, -0.2) is 23.9 Å².